The highest BCUT2D eigenvalue weighted by atomic mass is 32.1. The molecule has 4 rings (SSSR count). The minimum absolute atomic E-state index is 0.00505. The summed E-state index contributed by atoms with van der Waals surface area (Å²) in [6, 6.07) is 4.68. The predicted octanol–water partition coefficient (Wildman–Crippen LogP) is 3.82. The number of nitrogens with zero attached hydrogens (tertiary/aromatic N) is 2. The largest absolute Gasteiger partial charge is 0.496 e. The fourth-order valence-corrected chi connectivity index (χ4v) is 4.76. The second-order valence-corrected chi connectivity index (χ2v) is 8.24. The number of aryl methyl sites for hydroxylation is 1. The highest BCUT2D eigenvalue weighted by molar-refractivity contribution is 7.08. The molecule has 7 nitrogen and oxygen atoms in total. The van der Waals surface area contributed by atoms with Crippen molar-refractivity contribution in [1.82, 2.24) is 4.90 Å². The molecule has 1 aromatic carbocycles. The molecular formula is C23H24N2O5S. The molecule has 1 aromatic heterocycles. The summed E-state index contributed by atoms with van der Waals surface area (Å²) in [5.74, 6) is 0.267. The standard InChI is InChI=1S/C23H24N2O5S/c1-4-8-30-23(28)25-18-10-14(2)20(29-3)12-17(18)21(26)24-7-5-15(11-19(24)22(25)27)16-6-9-31-13-16/h4-6,9-10,12-13,19,22,27H,1,7-8,11H2,2-3H3/t19-,22?/m0/s1. The zero-order valence-electron chi connectivity index (χ0n) is 17.4. The van der Waals surface area contributed by atoms with Crippen molar-refractivity contribution in [2.75, 3.05) is 25.2 Å². The first-order chi connectivity index (χ1) is 15.0. The van der Waals surface area contributed by atoms with Gasteiger partial charge in [-0.2, -0.15) is 11.3 Å². The van der Waals surface area contributed by atoms with E-state index in [0.717, 1.165) is 16.7 Å². The van der Waals surface area contributed by atoms with Crippen LogP contribution in [0.2, 0.25) is 0 Å². The molecule has 162 valence electrons. The summed E-state index contributed by atoms with van der Waals surface area (Å²) in [4.78, 5) is 29.2. The van der Waals surface area contributed by atoms with Gasteiger partial charge in [-0.1, -0.05) is 18.7 Å². The molecule has 0 aliphatic carbocycles. The van der Waals surface area contributed by atoms with Crippen LogP contribution in [0, 0.1) is 6.92 Å². The van der Waals surface area contributed by atoms with Crippen LogP contribution in [-0.4, -0.2) is 54.5 Å². The van der Waals surface area contributed by atoms with Crippen LogP contribution in [0.15, 0.2) is 47.7 Å². The maximum atomic E-state index is 13.5. The highest BCUT2D eigenvalue weighted by Crippen LogP contribution is 2.39. The summed E-state index contributed by atoms with van der Waals surface area (Å²) in [6.07, 6.45) is 1.86. The number of carbonyl (C=O) groups is 2. The van der Waals surface area contributed by atoms with E-state index in [1.807, 2.05) is 29.8 Å². The Morgan fingerprint density at radius 3 is 2.90 bits per heavy atom. The molecule has 0 fully saturated rings. The minimum atomic E-state index is -1.28. The van der Waals surface area contributed by atoms with Crippen molar-refractivity contribution < 1.29 is 24.2 Å². The summed E-state index contributed by atoms with van der Waals surface area (Å²) in [5.41, 5.74) is 3.42. The fourth-order valence-electron chi connectivity index (χ4n) is 4.08. The zero-order valence-corrected chi connectivity index (χ0v) is 18.2. The molecule has 1 N–H and O–H groups in total. The van der Waals surface area contributed by atoms with Gasteiger partial charge in [0.05, 0.1) is 24.4 Å². The molecule has 0 bridgehead atoms. The number of hydrogen-bond acceptors (Lipinski definition) is 6. The van der Waals surface area contributed by atoms with Gasteiger partial charge in [0.1, 0.15) is 12.4 Å². The van der Waals surface area contributed by atoms with E-state index in [1.165, 1.54) is 18.1 Å². The number of hydrogen-bond donors (Lipinski definition) is 1. The van der Waals surface area contributed by atoms with Gasteiger partial charge in [0.2, 0.25) is 0 Å². The van der Waals surface area contributed by atoms with E-state index in [2.05, 4.69) is 6.58 Å². The molecule has 3 heterocycles. The van der Waals surface area contributed by atoms with Gasteiger partial charge in [0.15, 0.2) is 6.23 Å². The van der Waals surface area contributed by atoms with Gasteiger partial charge >= 0.3 is 6.09 Å². The zero-order chi connectivity index (χ0) is 22.1. The van der Waals surface area contributed by atoms with Crippen molar-refractivity contribution in [1.29, 1.82) is 0 Å². The number of aliphatic hydroxyl groups excluding tert-OH is 1. The number of thiophene rings is 1. The number of methoxy groups -OCH3 is 1. The lowest BCUT2D eigenvalue weighted by Crippen LogP contribution is -2.54. The number of ether oxygens (including phenoxy) is 2. The number of aliphatic hydroxyl groups is 1. The summed E-state index contributed by atoms with van der Waals surface area (Å²) in [5, 5.41) is 15.4. The number of anilines is 1. The van der Waals surface area contributed by atoms with Crippen LogP contribution in [0.25, 0.3) is 5.57 Å². The van der Waals surface area contributed by atoms with E-state index >= 15 is 0 Å². The van der Waals surface area contributed by atoms with E-state index < -0.39 is 18.4 Å². The van der Waals surface area contributed by atoms with Gasteiger partial charge in [-0.05, 0) is 59.0 Å². The molecule has 31 heavy (non-hydrogen) atoms. The Balaban J connectivity index is 1.82. The van der Waals surface area contributed by atoms with Crippen LogP contribution < -0.4 is 9.64 Å². The first-order valence-corrected chi connectivity index (χ1v) is 10.9. The number of benzene rings is 1. The Morgan fingerprint density at radius 2 is 2.23 bits per heavy atom. The third-order valence-corrected chi connectivity index (χ3v) is 6.33. The first kappa shape index (κ1) is 21.1. The van der Waals surface area contributed by atoms with Gasteiger partial charge in [0, 0.05) is 6.54 Å². The van der Waals surface area contributed by atoms with Crippen molar-refractivity contribution in [3.8, 4) is 5.75 Å². The molecule has 2 aromatic rings. The van der Waals surface area contributed by atoms with Crippen LogP contribution in [0.4, 0.5) is 10.5 Å². The molecular weight excluding hydrogens is 416 g/mol. The number of amides is 2. The lowest BCUT2D eigenvalue weighted by Gasteiger charge is -2.38. The van der Waals surface area contributed by atoms with Gasteiger partial charge < -0.3 is 19.5 Å². The third-order valence-electron chi connectivity index (χ3n) is 5.65. The molecule has 0 radical (unpaired) electrons. The second kappa shape index (κ2) is 8.56. The summed E-state index contributed by atoms with van der Waals surface area (Å²) < 4.78 is 10.7. The predicted molar refractivity (Wildman–Crippen MR) is 119 cm³/mol. The highest BCUT2D eigenvalue weighted by Gasteiger charge is 2.44. The van der Waals surface area contributed by atoms with Gasteiger partial charge in [-0.15, -0.1) is 0 Å². The Kier molecular flexibility index (Phi) is 5.84. The molecule has 8 heteroatoms. The molecule has 0 spiro atoms. The monoisotopic (exact) mass is 440 g/mol. The van der Waals surface area contributed by atoms with Crippen LogP contribution in [0.3, 0.4) is 0 Å². The molecule has 2 atom stereocenters. The van der Waals surface area contributed by atoms with E-state index in [-0.39, 0.29) is 18.1 Å². The average molecular weight is 441 g/mol. The van der Waals surface area contributed by atoms with E-state index in [9.17, 15) is 14.7 Å². The molecule has 2 aliphatic rings. The number of fused-ring (bicyclic) bond motifs is 2. The first-order valence-electron chi connectivity index (χ1n) is 9.92. The Bertz CT molecular complexity index is 1050. The average Bonchev–Trinajstić information content (AvgIpc) is 3.29. The van der Waals surface area contributed by atoms with Crippen molar-refractivity contribution in [2.24, 2.45) is 0 Å². The number of carbonyl (C=O) groups excluding carboxylic acids is 2. The molecule has 1 unspecified atom stereocenters. The maximum absolute atomic E-state index is 13.5. The van der Waals surface area contributed by atoms with Gasteiger partial charge in [-0.25, -0.2) is 9.69 Å². The molecule has 0 saturated heterocycles. The minimum Gasteiger partial charge on any atom is -0.496 e. The summed E-state index contributed by atoms with van der Waals surface area (Å²) in [7, 11) is 1.53. The van der Waals surface area contributed by atoms with Crippen molar-refractivity contribution in [3.05, 3.63) is 64.4 Å². The van der Waals surface area contributed by atoms with E-state index in [1.54, 1.807) is 28.4 Å². The topological polar surface area (TPSA) is 79.3 Å². The Hall–Kier alpha value is -3.10. The van der Waals surface area contributed by atoms with Crippen molar-refractivity contribution >= 4 is 34.6 Å². The van der Waals surface area contributed by atoms with Crippen molar-refractivity contribution in [3.63, 3.8) is 0 Å². The summed E-state index contributed by atoms with van der Waals surface area (Å²) in [6.45, 7) is 5.71. The second-order valence-electron chi connectivity index (χ2n) is 7.46. The van der Waals surface area contributed by atoms with Crippen LogP contribution in [0.1, 0.15) is 27.9 Å². The normalized spacial score (nSPS) is 20.4. The summed E-state index contributed by atoms with van der Waals surface area (Å²) >= 11 is 1.59. The van der Waals surface area contributed by atoms with E-state index in [4.69, 9.17) is 9.47 Å². The lowest BCUT2D eigenvalue weighted by atomic mass is 9.94. The van der Waals surface area contributed by atoms with Gasteiger partial charge in [0.25, 0.3) is 5.91 Å². The van der Waals surface area contributed by atoms with E-state index in [0.29, 0.717) is 24.4 Å². The Labute approximate surface area is 184 Å². The van der Waals surface area contributed by atoms with Gasteiger partial charge in [-0.3, -0.25) is 4.79 Å². The fraction of sp³-hybridized carbons (Fsp3) is 0.304. The quantitative estimate of drug-likeness (QED) is 0.731. The lowest BCUT2D eigenvalue weighted by molar-refractivity contribution is 0.0397. The SMILES string of the molecule is C=CCOC(=O)N1c2cc(C)c(OC)cc2C(=O)N2CC=C(c3ccsc3)C[C@H]2C1O. The molecule has 2 amide bonds. The Morgan fingerprint density at radius 1 is 1.42 bits per heavy atom. The molecule has 0 saturated carbocycles. The van der Waals surface area contributed by atoms with Crippen LogP contribution >= 0.6 is 11.3 Å². The van der Waals surface area contributed by atoms with Crippen LogP contribution in [0.5, 0.6) is 5.75 Å². The smallest absolute Gasteiger partial charge is 0.416 e. The molecule has 2 aliphatic heterocycles. The maximum Gasteiger partial charge on any atom is 0.416 e. The van der Waals surface area contributed by atoms with Crippen molar-refractivity contribution in [2.45, 2.75) is 25.6 Å². The third kappa shape index (κ3) is 3.73. The number of rotatable bonds is 4. The van der Waals surface area contributed by atoms with Crippen LogP contribution in [-0.2, 0) is 4.74 Å².